The Hall–Kier alpha value is -1.42. The Labute approximate surface area is 149 Å². The average molecular weight is 345 g/mol. The predicted molar refractivity (Wildman–Crippen MR) is 98.3 cm³/mol. The predicted octanol–water partition coefficient (Wildman–Crippen LogP) is 4.21. The van der Waals surface area contributed by atoms with Crippen molar-refractivity contribution in [2.24, 2.45) is 0 Å². The Kier molecular flexibility index (Phi) is 5.54. The van der Waals surface area contributed by atoms with Crippen LogP contribution in [0, 0.1) is 0 Å². The smallest absolute Gasteiger partial charge is 0.0572 e. The third kappa shape index (κ3) is 3.97. The second-order valence-electron chi connectivity index (χ2n) is 6.77. The van der Waals surface area contributed by atoms with Crippen LogP contribution in [-0.4, -0.2) is 34.7 Å². The first kappa shape index (κ1) is 17.4. The van der Waals surface area contributed by atoms with Crippen molar-refractivity contribution >= 4 is 11.6 Å². The van der Waals surface area contributed by atoms with E-state index in [-0.39, 0.29) is 18.1 Å². The molecule has 0 spiro atoms. The molecule has 1 aromatic carbocycles. The van der Waals surface area contributed by atoms with Crippen molar-refractivity contribution in [2.45, 2.75) is 37.6 Å². The van der Waals surface area contributed by atoms with E-state index in [1.165, 1.54) is 18.4 Å². The van der Waals surface area contributed by atoms with Crippen LogP contribution in [0.15, 0.2) is 48.7 Å². The van der Waals surface area contributed by atoms with E-state index in [9.17, 15) is 5.11 Å². The number of hydrogen-bond acceptors (Lipinski definition) is 3. The largest absolute Gasteiger partial charge is 0.396 e. The molecule has 0 aliphatic heterocycles. The number of aliphatic hydroxyl groups is 1. The summed E-state index contributed by atoms with van der Waals surface area (Å²) in [4.78, 5) is 6.98. The van der Waals surface area contributed by atoms with Crippen LogP contribution >= 0.6 is 11.6 Å². The topological polar surface area (TPSA) is 36.4 Å². The van der Waals surface area contributed by atoms with Crippen molar-refractivity contribution in [1.82, 2.24) is 9.88 Å². The van der Waals surface area contributed by atoms with Crippen molar-refractivity contribution in [1.29, 1.82) is 0 Å². The highest BCUT2D eigenvalue weighted by Gasteiger charge is 2.45. The third-order valence-electron chi connectivity index (χ3n) is 5.08. The molecule has 1 fully saturated rings. The van der Waals surface area contributed by atoms with Crippen LogP contribution < -0.4 is 0 Å². The van der Waals surface area contributed by atoms with Gasteiger partial charge in [-0.15, -0.1) is 0 Å². The summed E-state index contributed by atoms with van der Waals surface area (Å²) >= 11 is 6.04. The second kappa shape index (κ2) is 7.64. The van der Waals surface area contributed by atoms with Gasteiger partial charge in [0.05, 0.1) is 5.69 Å². The number of aromatic nitrogens is 1. The lowest BCUT2D eigenvalue weighted by Gasteiger charge is -2.32. The van der Waals surface area contributed by atoms with Crippen LogP contribution in [0.4, 0.5) is 0 Å². The van der Waals surface area contributed by atoms with E-state index in [1.807, 2.05) is 30.5 Å². The number of hydrogen-bond donors (Lipinski definition) is 1. The number of halogens is 1. The molecular weight excluding hydrogens is 320 g/mol. The van der Waals surface area contributed by atoms with Gasteiger partial charge < -0.3 is 5.11 Å². The zero-order chi connectivity index (χ0) is 17.0. The Morgan fingerprint density at radius 3 is 2.54 bits per heavy atom. The van der Waals surface area contributed by atoms with Crippen molar-refractivity contribution < 1.29 is 5.11 Å². The maximum Gasteiger partial charge on any atom is 0.0572 e. The maximum absolute atomic E-state index is 9.27. The van der Waals surface area contributed by atoms with E-state index in [1.54, 1.807) is 0 Å². The van der Waals surface area contributed by atoms with Crippen LogP contribution in [0.2, 0.25) is 5.02 Å². The van der Waals surface area contributed by atoms with Gasteiger partial charge in [-0.25, -0.2) is 0 Å². The van der Waals surface area contributed by atoms with Gasteiger partial charge in [-0.1, -0.05) is 29.8 Å². The standard InChI is InChI=1S/C20H25ClN2O/c1-16(19-5-2-3-12-22-19)23(13-4-14-24)15-20(10-11-20)17-6-8-18(21)9-7-17/h2-3,5-9,12,16,24H,4,10-11,13-15H2,1H3. The minimum absolute atomic E-state index is 0.222. The molecule has 1 saturated carbocycles. The fourth-order valence-electron chi connectivity index (χ4n) is 3.37. The number of pyridine rings is 1. The average Bonchev–Trinajstić information content (AvgIpc) is 3.40. The number of aliphatic hydroxyl groups excluding tert-OH is 1. The number of benzene rings is 1. The summed E-state index contributed by atoms with van der Waals surface area (Å²) in [6.45, 7) is 4.30. The lowest BCUT2D eigenvalue weighted by molar-refractivity contribution is 0.166. The molecule has 1 aliphatic rings. The van der Waals surface area contributed by atoms with Gasteiger partial charge in [0.15, 0.2) is 0 Å². The molecule has 1 heterocycles. The molecule has 1 atom stereocenters. The Morgan fingerprint density at radius 1 is 1.21 bits per heavy atom. The summed E-state index contributed by atoms with van der Waals surface area (Å²) in [5, 5.41) is 10.1. The number of nitrogens with zero attached hydrogens (tertiary/aromatic N) is 2. The summed E-state index contributed by atoms with van der Waals surface area (Å²) in [7, 11) is 0. The van der Waals surface area contributed by atoms with Crippen LogP contribution in [-0.2, 0) is 5.41 Å². The Balaban J connectivity index is 1.78. The zero-order valence-corrected chi connectivity index (χ0v) is 14.9. The van der Waals surface area contributed by atoms with E-state index >= 15 is 0 Å². The summed E-state index contributed by atoms with van der Waals surface area (Å²) < 4.78 is 0. The van der Waals surface area contributed by atoms with Crippen LogP contribution in [0.1, 0.15) is 43.5 Å². The summed E-state index contributed by atoms with van der Waals surface area (Å²) in [6.07, 6.45) is 5.05. The Bertz CT molecular complexity index is 640. The maximum atomic E-state index is 9.27. The molecule has 0 radical (unpaired) electrons. The van der Waals surface area contributed by atoms with E-state index in [4.69, 9.17) is 11.6 Å². The molecule has 1 aliphatic carbocycles. The molecule has 1 N–H and O–H groups in total. The van der Waals surface area contributed by atoms with Gasteiger partial charge in [0.1, 0.15) is 0 Å². The van der Waals surface area contributed by atoms with E-state index in [2.05, 4.69) is 35.0 Å². The molecule has 4 heteroatoms. The molecule has 128 valence electrons. The van der Waals surface area contributed by atoms with Crippen molar-refractivity contribution in [3.63, 3.8) is 0 Å². The fraction of sp³-hybridized carbons (Fsp3) is 0.450. The molecular formula is C20H25ClN2O. The van der Waals surface area contributed by atoms with E-state index in [0.717, 1.165) is 30.2 Å². The minimum atomic E-state index is 0.222. The van der Waals surface area contributed by atoms with Crippen molar-refractivity contribution in [2.75, 3.05) is 19.7 Å². The van der Waals surface area contributed by atoms with Gasteiger partial charge in [0.25, 0.3) is 0 Å². The highest BCUT2D eigenvalue weighted by Crippen LogP contribution is 2.49. The zero-order valence-electron chi connectivity index (χ0n) is 14.2. The van der Waals surface area contributed by atoms with Gasteiger partial charge in [-0.3, -0.25) is 9.88 Å². The van der Waals surface area contributed by atoms with Crippen molar-refractivity contribution in [3.8, 4) is 0 Å². The third-order valence-corrected chi connectivity index (χ3v) is 5.33. The molecule has 0 amide bonds. The summed E-state index contributed by atoms with van der Waals surface area (Å²) in [5.41, 5.74) is 2.68. The summed E-state index contributed by atoms with van der Waals surface area (Å²) in [5.74, 6) is 0. The van der Waals surface area contributed by atoms with Crippen LogP contribution in [0.5, 0.6) is 0 Å². The number of rotatable bonds is 8. The van der Waals surface area contributed by atoms with Gasteiger partial charge in [0, 0.05) is 42.4 Å². The fourth-order valence-corrected chi connectivity index (χ4v) is 3.50. The molecule has 3 nitrogen and oxygen atoms in total. The normalized spacial score (nSPS) is 17.0. The lowest BCUT2D eigenvalue weighted by Crippen LogP contribution is -2.36. The first-order valence-corrected chi connectivity index (χ1v) is 9.04. The second-order valence-corrected chi connectivity index (χ2v) is 7.20. The molecule has 0 bridgehead atoms. The van der Waals surface area contributed by atoms with Crippen LogP contribution in [0.25, 0.3) is 0 Å². The van der Waals surface area contributed by atoms with Gasteiger partial charge in [0.2, 0.25) is 0 Å². The molecule has 3 rings (SSSR count). The first-order chi connectivity index (χ1) is 11.6. The van der Waals surface area contributed by atoms with E-state index in [0.29, 0.717) is 0 Å². The molecule has 24 heavy (non-hydrogen) atoms. The summed E-state index contributed by atoms with van der Waals surface area (Å²) in [6, 6.07) is 14.6. The first-order valence-electron chi connectivity index (χ1n) is 8.66. The molecule has 0 saturated heterocycles. The lowest BCUT2D eigenvalue weighted by atomic mass is 9.94. The molecule has 1 aromatic heterocycles. The Morgan fingerprint density at radius 2 is 1.96 bits per heavy atom. The van der Waals surface area contributed by atoms with Crippen molar-refractivity contribution in [3.05, 3.63) is 64.9 Å². The SMILES string of the molecule is CC(c1ccccn1)N(CCCO)CC1(c2ccc(Cl)cc2)CC1. The van der Waals surface area contributed by atoms with Gasteiger partial charge in [-0.05, 0) is 56.0 Å². The monoisotopic (exact) mass is 344 g/mol. The van der Waals surface area contributed by atoms with Gasteiger partial charge >= 0.3 is 0 Å². The highest BCUT2D eigenvalue weighted by atomic mass is 35.5. The molecule has 2 aromatic rings. The molecule has 1 unspecified atom stereocenters. The van der Waals surface area contributed by atoms with E-state index < -0.39 is 0 Å². The quantitative estimate of drug-likeness (QED) is 0.779. The highest BCUT2D eigenvalue weighted by molar-refractivity contribution is 6.30. The van der Waals surface area contributed by atoms with Gasteiger partial charge in [-0.2, -0.15) is 0 Å². The van der Waals surface area contributed by atoms with Crippen LogP contribution in [0.3, 0.4) is 0 Å². The minimum Gasteiger partial charge on any atom is -0.396 e.